The van der Waals surface area contributed by atoms with Crippen LogP contribution in [0.1, 0.15) is 28.3 Å². The van der Waals surface area contributed by atoms with Gasteiger partial charge in [0, 0.05) is 23.7 Å². The molecular formula is C14H14Br2ClNS. The molecule has 0 aliphatic rings. The van der Waals surface area contributed by atoms with Crippen molar-refractivity contribution in [1.82, 2.24) is 5.32 Å². The van der Waals surface area contributed by atoms with Crippen LogP contribution in [0.3, 0.4) is 0 Å². The molecule has 1 N–H and O–H groups in total. The second-order valence-corrected chi connectivity index (χ2v) is 7.67. The van der Waals surface area contributed by atoms with Gasteiger partial charge in [-0.15, -0.1) is 11.3 Å². The molecule has 0 bridgehead atoms. The summed E-state index contributed by atoms with van der Waals surface area (Å²) in [6.07, 6.45) is 0. The maximum atomic E-state index is 6.36. The summed E-state index contributed by atoms with van der Waals surface area (Å²) in [6, 6.07) is 8.28. The third-order valence-electron chi connectivity index (χ3n) is 2.84. The molecule has 0 aliphatic heterocycles. The smallest absolute Gasteiger partial charge is 0.0686 e. The zero-order chi connectivity index (χ0) is 14.0. The van der Waals surface area contributed by atoms with Gasteiger partial charge in [0.05, 0.1) is 6.04 Å². The molecule has 2 rings (SSSR count). The average Bonchev–Trinajstić information content (AvgIpc) is 2.70. The van der Waals surface area contributed by atoms with E-state index >= 15 is 0 Å². The number of hydrogen-bond acceptors (Lipinski definition) is 2. The molecule has 5 heteroatoms. The summed E-state index contributed by atoms with van der Waals surface area (Å²) in [5.41, 5.74) is 1.10. The van der Waals surface area contributed by atoms with Crippen molar-refractivity contribution in [1.29, 1.82) is 0 Å². The Kier molecular flexibility index (Phi) is 5.49. The van der Waals surface area contributed by atoms with E-state index in [2.05, 4.69) is 63.2 Å². The van der Waals surface area contributed by atoms with Crippen LogP contribution in [0.15, 0.2) is 33.2 Å². The van der Waals surface area contributed by atoms with Crippen molar-refractivity contribution < 1.29 is 0 Å². The van der Waals surface area contributed by atoms with Crippen LogP contribution >= 0.6 is 54.8 Å². The predicted molar refractivity (Wildman–Crippen MR) is 91.4 cm³/mol. The van der Waals surface area contributed by atoms with Gasteiger partial charge >= 0.3 is 0 Å². The van der Waals surface area contributed by atoms with E-state index in [1.807, 2.05) is 12.1 Å². The Hall–Kier alpha value is 0.130. The number of nitrogens with one attached hydrogen (secondary N) is 1. The van der Waals surface area contributed by atoms with Crippen LogP contribution in [0, 0.1) is 6.92 Å². The minimum Gasteiger partial charge on any atom is -0.306 e. The molecule has 1 heterocycles. The number of aryl methyl sites for hydroxylation is 1. The number of rotatable bonds is 4. The van der Waals surface area contributed by atoms with Gasteiger partial charge in [-0.1, -0.05) is 34.5 Å². The monoisotopic (exact) mass is 421 g/mol. The first-order valence-corrected chi connectivity index (χ1v) is 8.75. The van der Waals surface area contributed by atoms with Gasteiger partial charge in [-0.05, 0) is 59.2 Å². The zero-order valence-corrected chi connectivity index (χ0v) is 15.4. The van der Waals surface area contributed by atoms with Crippen molar-refractivity contribution in [3.8, 4) is 0 Å². The first-order valence-electron chi connectivity index (χ1n) is 5.97. The Morgan fingerprint density at radius 2 is 2.05 bits per heavy atom. The van der Waals surface area contributed by atoms with Gasteiger partial charge in [0.1, 0.15) is 0 Å². The van der Waals surface area contributed by atoms with Crippen LogP contribution in [0.5, 0.6) is 0 Å². The van der Waals surface area contributed by atoms with Crippen molar-refractivity contribution in [2.75, 3.05) is 6.54 Å². The molecule has 0 saturated heterocycles. The van der Waals surface area contributed by atoms with E-state index in [1.165, 1.54) is 9.75 Å². The molecule has 1 unspecified atom stereocenters. The van der Waals surface area contributed by atoms with E-state index in [-0.39, 0.29) is 6.04 Å². The summed E-state index contributed by atoms with van der Waals surface area (Å²) < 4.78 is 2.20. The molecule has 1 atom stereocenters. The van der Waals surface area contributed by atoms with Gasteiger partial charge in [-0.25, -0.2) is 0 Å². The third kappa shape index (κ3) is 3.61. The zero-order valence-electron chi connectivity index (χ0n) is 10.6. The van der Waals surface area contributed by atoms with Crippen LogP contribution in [-0.2, 0) is 0 Å². The van der Waals surface area contributed by atoms with Crippen LogP contribution in [0.2, 0.25) is 5.02 Å². The second kappa shape index (κ2) is 6.72. The summed E-state index contributed by atoms with van der Waals surface area (Å²) in [5, 5.41) is 4.30. The minimum atomic E-state index is 0.130. The highest BCUT2D eigenvalue weighted by atomic mass is 79.9. The Morgan fingerprint density at radius 1 is 1.32 bits per heavy atom. The number of benzene rings is 1. The van der Waals surface area contributed by atoms with E-state index in [9.17, 15) is 0 Å². The predicted octanol–water partition coefficient (Wildman–Crippen LogP) is 5.93. The summed E-state index contributed by atoms with van der Waals surface area (Å²) in [5.74, 6) is 0. The van der Waals surface area contributed by atoms with Crippen LogP contribution in [0.4, 0.5) is 0 Å². The molecule has 0 saturated carbocycles. The van der Waals surface area contributed by atoms with E-state index in [0.717, 1.165) is 26.1 Å². The topological polar surface area (TPSA) is 12.0 Å². The molecule has 0 radical (unpaired) electrons. The Morgan fingerprint density at radius 3 is 2.63 bits per heavy atom. The van der Waals surface area contributed by atoms with E-state index in [0.29, 0.717) is 0 Å². The van der Waals surface area contributed by atoms with Gasteiger partial charge in [0.2, 0.25) is 0 Å². The highest BCUT2D eigenvalue weighted by molar-refractivity contribution is 9.10. The molecule has 1 nitrogen and oxygen atoms in total. The lowest BCUT2D eigenvalue weighted by Crippen LogP contribution is -2.21. The minimum absolute atomic E-state index is 0.130. The highest BCUT2D eigenvalue weighted by Gasteiger charge is 2.19. The Bertz CT molecular complexity index is 563. The normalized spacial score (nSPS) is 12.7. The summed E-state index contributed by atoms with van der Waals surface area (Å²) >= 11 is 15.2. The largest absolute Gasteiger partial charge is 0.306 e. The molecule has 19 heavy (non-hydrogen) atoms. The SMILES string of the molecule is CCNC(c1cc(Br)c(C)s1)c1cc(Br)ccc1Cl. The number of halogens is 3. The second-order valence-electron chi connectivity index (χ2n) is 4.21. The van der Waals surface area contributed by atoms with Crippen molar-refractivity contribution >= 4 is 54.8 Å². The highest BCUT2D eigenvalue weighted by Crippen LogP contribution is 2.37. The standard InChI is InChI=1S/C14H14Br2ClNS/c1-3-18-14(13-7-11(16)8(2)19-13)10-6-9(15)4-5-12(10)17/h4-7,14,18H,3H2,1-2H3. The van der Waals surface area contributed by atoms with Gasteiger partial charge in [0.25, 0.3) is 0 Å². The number of hydrogen-bond donors (Lipinski definition) is 1. The first kappa shape index (κ1) is 15.5. The van der Waals surface area contributed by atoms with Crippen molar-refractivity contribution in [3.05, 3.63) is 53.6 Å². The van der Waals surface area contributed by atoms with E-state index in [1.54, 1.807) is 11.3 Å². The lowest BCUT2D eigenvalue weighted by atomic mass is 10.1. The molecule has 102 valence electrons. The molecule has 1 aromatic heterocycles. The summed E-state index contributed by atoms with van der Waals surface area (Å²) in [4.78, 5) is 2.55. The van der Waals surface area contributed by atoms with Gasteiger partial charge in [-0.2, -0.15) is 0 Å². The fraction of sp³-hybridized carbons (Fsp3) is 0.286. The maximum Gasteiger partial charge on any atom is 0.0686 e. The van der Waals surface area contributed by atoms with Crippen LogP contribution in [0.25, 0.3) is 0 Å². The molecule has 0 aliphatic carbocycles. The van der Waals surface area contributed by atoms with Gasteiger partial charge in [-0.3, -0.25) is 0 Å². The molecular weight excluding hydrogens is 409 g/mol. The fourth-order valence-corrected chi connectivity index (χ4v) is 4.19. The molecule has 1 aromatic carbocycles. The van der Waals surface area contributed by atoms with Crippen molar-refractivity contribution in [2.45, 2.75) is 19.9 Å². The van der Waals surface area contributed by atoms with Crippen molar-refractivity contribution in [3.63, 3.8) is 0 Å². The summed E-state index contributed by atoms with van der Waals surface area (Å²) in [6.45, 7) is 5.11. The molecule has 2 aromatic rings. The van der Waals surface area contributed by atoms with Gasteiger partial charge < -0.3 is 5.32 Å². The lowest BCUT2D eigenvalue weighted by molar-refractivity contribution is 0.639. The van der Waals surface area contributed by atoms with E-state index in [4.69, 9.17) is 11.6 Å². The Balaban J connectivity index is 2.47. The van der Waals surface area contributed by atoms with Crippen LogP contribution in [-0.4, -0.2) is 6.54 Å². The van der Waals surface area contributed by atoms with Gasteiger partial charge in [0.15, 0.2) is 0 Å². The molecule has 0 spiro atoms. The molecule has 0 fully saturated rings. The summed E-state index contributed by atoms with van der Waals surface area (Å²) in [7, 11) is 0. The quantitative estimate of drug-likeness (QED) is 0.642. The maximum absolute atomic E-state index is 6.36. The fourth-order valence-electron chi connectivity index (χ4n) is 1.93. The van der Waals surface area contributed by atoms with Crippen LogP contribution < -0.4 is 5.32 Å². The Labute approximate surface area is 139 Å². The molecule has 0 amide bonds. The first-order chi connectivity index (χ1) is 9.02. The lowest BCUT2D eigenvalue weighted by Gasteiger charge is -2.18. The average molecular weight is 424 g/mol. The third-order valence-corrected chi connectivity index (χ3v) is 5.88. The van der Waals surface area contributed by atoms with E-state index < -0.39 is 0 Å². The van der Waals surface area contributed by atoms with Crippen molar-refractivity contribution in [2.24, 2.45) is 0 Å². The number of thiophene rings is 1.